The van der Waals surface area contributed by atoms with E-state index in [0.29, 0.717) is 0 Å². The molecule has 0 bridgehead atoms. The van der Waals surface area contributed by atoms with E-state index < -0.39 is 0 Å². The van der Waals surface area contributed by atoms with Crippen molar-refractivity contribution in [2.75, 3.05) is 0 Å². The Labute approximate surface area is 113 Å². The maximum atomic E-state index is 5.90. The van der Waals surface area contributed by atoms with Gasteiger partial charge in [-0.25, -0.2) is 4.98 Å². The summed E-state index contributed by atoms with van der Waals surface area (Å²) in [7, 11) is 0. The van der Waals surface area contributed by atoms with Gasteiger partial charge in [0.25, 0.3) is 0 Å². The first kappa shape index (κ1) is 12.2. The van der Waals surface area contributed by atoms with Crippen LogP contribution in [0.15, 0.2) is 30.7 Å². The van der Waals surface area contributed by atoms with E-state index in [1.54, 1.807) is 6.20 Å². The summed E-state index contributed by atoms with van der Waals surface area (Å²) in [5.41, 5.74) is 3.75. The van der Waals surface area contributed by atoms with Crippen molar-refractivity contribution >= 4 is 0 Å². The molecule has 3 heterocycles. The van der Waals surface area contributed by atoms with Crippen molar-refractivity contribution in [1.29, 1.82) is 0 Å². The van der Waals surface area contributed by atoms with Gasteiger partial charge in [-0.15, -0.1) is 0 Å². The smallest absolute Gasteiger partial charge is 0.222 e. The second-order valence-electron chi connectivity index (χ2n) is 6.02. The summed E-state index contributed by atoms with van der Waals surface area (Å²) in [6.07, 6.45) is 7.43. The van der Waals surface area contributed by atoms with E-state index in [9.17, 15) is 0 Å². The molecule has 2 aromatic rings. The molecule has 3 nitrogen and oxygen atoms in total. The SMILES string of the molecule is CC(C)(C)c1cnc2c(c1)CCc1ccncc1O2. The Morgan fingerprint density at radius 2 is 1.89 bits per heavy atom. The van der Waals surface area contributed by atoms with E-state index in [0.717, 1.165) is 24.5 Å². The predicted octanol–water partition coefficient (Wildman–Crippen LogP) is 3.67. The molecule has 0 spiro atoms. The van der Waals surface area contributed by atoms with Crippen LogP contribution in [0.25, 0.3) is 0 Å². The molecule has 98 valence electrons. The van der Waals surface area contributed by atoms with E-state index in [1.807, 2.05) is 18.5 Å². The van der Waals surface area contributed by atoms with Crippen molar-refractivity contribution in [3.63, 3.8) is 0 Å². The van der Waals surface area contributed by atoms with E-state index in [2.05, 4.69) is 36.8 Å². The van der Waals surface area contributed by atoms with Gasteiger partial charge in [-0.2, -0.15) is 0 Å². The van der Waals surface area contributed by atoms with Crippen LogP contribution in [-0.4, -0.2) is 9.97 Å². The van der Waals surface area contributed by atoms with Crippen LogP contribution in [0.3, 0.4) is 0 Å². The zero-order valence-corrected chi connectivity index (χ0v) is 11.6. The van der Waals surface area contributed by atoms with E-state index >= 15 is 0 Å². The number of hydrogen-bond acceptors (Lipinski definition) is 3. The Morgan fingerprint density at radius 3 is 2.68 bits per heavy atom. The van der Waals surface area contributed by atoms with Crippen molar-refractivity contribution in [2.24, 2.45) is 0 Å². The zero-order chi connectivity index (χ0) is 13.5. The molecule has 0 aromatic carbocycles. The van der Waals surface area contributed by atoms with Gasteiger partial charge in [-0.05, 0) is 41.5 Å². The van der Waals surface area contributed by atoms with Crippen molar-refractivity contribution in [3.05, 3.63) is 47.4 Å². The Balaban J connectivity index is 2.02. The number of hydrogen-bond donors (Lipinski definition) is 0. The van der Waals surface area contributed by atoms with Gasteiger partial charge in [0.05, 0.1) is 6.20 Å². The highest BCUT2D eigenvalue weighted by atomic mass is 16.5. The zero-order valence-electron chi connectivity index (χ0n) is 11.6. The van der Waals surface area contributed by atoms with E-state index in [-0.39, 0.29) is 5.41 Å². The summed E-state index contributed by atoms with van der Waals surface area (Å²) in [6.45, 7) is 6.60. The van der Waals surface area contributed by atoms with Crippen molar-refractivity contribution < 1.29 is 4.74 Å². The molecule has 3 rings (SSSR count). The number of ether oxygens (including phenoxy) is 1. The third-order valence-electron chi connectivity index (χ3n) is 3.53. The van der Waals surface area contributed by atoms with Gasteiger partial charge in [0, 0.05) is 18.0 Å². The average Bonchev–Trinajstić information content (AvgIpc) is 2.55. The number of pyridine rings is 2. The van der Waals surface area contributed by atoms with Crippen LogP contribution in [0.5, 0.6) is 11.6 Å². The Bertz CT molecular complexity index is 614. The standard InChI is InChI=1S/C16H18N2O/c1-16(2,3)13-8-12-5-4-11-6-7-17-10-14(11)19-15(12)18-9-13/h6-10H,4-5H2,1-3H3. The molecule has 0 aliphatic carbocycles. The molecule has 0 fully saturated rings. The molecule has 0 atom stereocenters. The van der Waals surface area contributed by atoms with Crippen LogP contribution < -0.4 is 4.74 Å². The van der Waals surface area contributed by atoms with Crippen molar-refractivity contribution in [1.82, 2.24) is 9.97 Å². The van der Waals surface area contributed by atoms with Gasteiger partial charge >= 0.3 is 0 Å². The summed E-state index contributed by atoms with van der Waals surface area (Å²) in [4.78, 5) is 8.61. The van der Waals surface area contributed by atoms with Gasteiger partial charge in [0.1, 0.15) is 0 Å². The number of aromatic nitrogens is 2. The van der Waals surface area contributed by atoms with Crippen LogP contribution in [0.2, 0.25) is 0 Å². The van der Waals surface area contributed by atoms with Crippen LogP contribution in [-0.2, 0) is 18.3 Å². The molecule has 0 unspecified atom stereocenters. The van der Waals surface area contributed by atoms with Crippen molar-refractivity contribution in [2.45, 2.75) is 39.0 Å². The summed E-state index contributed by atoms with van der Waals surface area (Å²) < 4.78 is 5.90. The Morgan fingerprint density at radius 1 is 1.11 bits per heavy atom. The lowest BCUT2D eigenvalue weighted by atomic mass is 9.87. The minimum Gasteiger partial charge on any atom is -0.437 e. The molecule has 1 aliphatic rings. The Hall–Kier alpha value is -1.90. The second-order valence-corrected chi connectivity index (χ2v) is 6.02. The summed E-state index contributed by atoms with van der Waals surface area (Å²) in [6, 6.07) is 4.24. The molecule has 1 aliphatic heterocycles. The molecule has 0 saturated carbocycles. The molecular formula is C16H18N2O. The lowest BCUT2D eigenvalue weighted by molar-refractivity contribution is 0.455. The first-order valence-electron chi connectivity index (χ1n) is 6.64. The molecule has 0 N–H and O–H groups in total. The number of nitrogens with zero attached hydrogens (tertiary/aromatic N) is 2. The predicted molar refractivity (Wildman–Crippen MR) is 74.7 cm³/mol. The van der Waals surface area contributed by atoms with Gasteiger partial charge < -0.3 is 4.74 Å². The third kappa shape index (κ3) is 2.33. The third-order valence-corrected chi connectivity index (χ3v) is 3.53. The maximum absolute atomic E-state index is 5.90. The fraction of sp³-hybridized carbons (Fsp3) is 0.375. The van der Waals surface area contributed by atoms with Crippen molar-refractivity contribution in [3.8, 4) is 11.6 Å². The molecule has 0 amide bonds. The number of rotatable bonds is 0. The first-order valence-corrected chi connectivity index (χ1v) is 6.64. The molecule has 0 saturated heterocycles. The fourth-order valence-electron chi connectivity index (χ4n) is 2.26. The topological polar surface area (TPSA) is 35.0 Å². The largest absolute Gasteiger partial charge is 0.437 e. The monoisotopic (exact) mass is 254 g/mol. The number of aryl methyl sites for hydroxylation is 2. The van der Waals surface area contributed by atoms with E-state index in [1.165, 1.54) is 16.7 Å². The quantitative estimate of drug-likeness (QED) is 0.719. The van der Waals surface area contributed by atoms with Gasteiger partial charge in [-0.1, -0.05) is 20.8 Å². The van der Waals surface area contributed by atoms with Crippen LogP contribution in [0, 0.1) is 0 Å². The normalized spacial score (nSPS) is 14.1. The summed E-state index contributed by atoms with van der Waals surface area (Å²) in [5, 5.41) is 0. The van der Waals surface area contributed by atoms with Crippen LogP contribution in [0.4, 0.5) is 0 Å². The summed E-state index contributed by atoms with van der Waals surface area (Å²) >= 11 is 0. The fourth-order valence-corrected chi connectivity index (χ4v) is 2.26. The highest BCUT2D eigenvalue weighted by molar-refractivity contribution is 5.42. The molecular weight excluding hydrogens is 236 g/mol. The summed E-state index contributed by atoms with van der Waals surface area (Å²) in [5.74, 6) is 1.55. The second kappa shape index (κ2) is 4.34. The lowest BCUT2D eigenvalue weighted by Crippen LogP contribution is -2.12. The molecule has 3 heteroatoms. The lowest BCUT2D eigenvalue weighted by Gasteiger charge is -2.19. The van der Waals surface area contributed by atoms with Crippen LogP contribution in [0.1, 0.15) is 37.5 Å². The van der Waals surface area contributed by atoms with Gasteiger partial charge in [-0.3, -0.25) is 4.98 Å². The maximum Gasteiger partial charge on any atom is 0.222 e. The van der Waals surface area contributed by atoms with Crippen LogP contribution >= 0.6 is 0 Å². The highest BCUT2D eigenvalue weighted by Gasteiger charge is 2.20. The first-order chi connectivity index (χ1) is 9.04. The minimum atomic E-state index is 0.114. The minimum absolute atomic E-state index is 0.114. The van der Waals surface area contributed by atoms with Gasteiger partial charge in [0.2, 0.25) is 5.88 Å². The molecule has 19 heavy (non-hydrogen) atoms. The highest BCUT2D eigenvalue weighted by Crippen LogP contribution is 2.33. The molecule has 0 radical (unpaired) electrons. The average molecular weight is 254 g/mol. The van der Waals surface area contributed by atoms with E-state index in [4.69, 9.17) is 4.74 Å². The number of fused-ring (bicyclic) bond motifs is 2. The van der Waals surface area contributed by atoms with Gasteiger partial charge in [0.15, 0.2) is 5.75 Å². The molecule has 2 aromatic heterocycles. The Kier molecular flexibility index (Phi) is 2.77.